The van der Waals surface area contributed by atoms with Gasteiger partial charge in [0.25, 0.3) is 5.56 Å². The van der Waals surface area contributed by atoms with Crippen LogP contribution in [0.4, 0.5) is 10.1 Å². The normalized spacial score (nSPS) is 11.3. The molecule has 1 heterocycles. The van der Waals surface area contributed by atoms with Crippen molar-refractivity contribution in [2.24, 2.45) is 4.99 Å². The Morgan fingerprint density at radius 1 is 1.04 bits per heavy atom. The highest BCUT2D eigenvalue weighted by molar-refractivity contribution is 5.83. The molecule has 1 aromatic heterocycles. The highest BCUT2D eigenvalue weighted by Crippen LogP contribution is 2.14. The van der Waals surface area contributed by atoms with Gasteiger partial charge in [0.1, 0.15) is 5.82 Å². The van der Waals surface area contributed by atoms with Gasteiger partial charge < -0.3 is 0 Å². The number of halogens is 1. The molecule has 2 aromatic carbocycles. The first-order valence-electron chi connectivity index (χ1n) is 7.64. The lowest BCUT2D eigenvalue weighted by Gasteiger charge is -2.05. The van der Waals surface area contributed by atoms with Gasteiger partial charge in [-0.2, -0.15) is 0 Å². The van der Waals surface area contributed by atoms with E-state index in [-0.39, 0.29) is 11.4 Å². The van der Waals surface area contributed by atoms with Gasteiger partial charge in [-0.25, -0.2) is 9.07 Å². The SMILES string of the molecule is Cc1ccc(-n2[nH]c(C)c(C=Nc3ccc(F)cc3)c2=O)cc1C. The van der Waals surface area contributed by atoms with Crippen LogP contribution in [-0.4, -0.2) is 16.0 Å². The maximum Gasteiger partial charge on any atom is 0.280 e. The summed E-state index contributed by atoms with van der Waals surface area (Å²) in [7, 11) is 0. The molecule has 24 heavy (non-hydrogen) atoms. The van der Waals surface area contributed by atoms with E-state index in [9.17, 15) is 9.18 Å². The van der Waals surface area contributed by atoms with Crippen molar-refractivity contribution in [1.82, 2.24) is 9.78 Å². The summed E-state index contributed by atoms with van der Waals surface area (Å²) in [6.07, 6.45) is 1.51. The van der Waals surface area contributed by atoms with Gasteiger partial charge in [-0.15, -0.1) is 0 Å². The lowest BCUT2D eigenvalue weighted by molar-refractivity contribution is 0.628. The Bertz CT molecular complexity index is 965. The average molecular weight is 323 g/mol. The number of benzene rings is 2. The Kier molecular flexibility index (Phi) is 4.16. The molecule has 0 radical (unpaired) electrons. The average Bonchev–Trinajstić information content (AvgIpc) is 2.84. The number of aromatic nitrogens is 2. The monoisotopic (exact) mass is 323 g/mol. The first-order chi connectivity index (χ1) is 11.5. The molecule has 0 saturated heterocycles. The predicted molar refractivity (Wildman–Crippen MR) is 94.3 cm³/mol. The van der Waals surface area contributed by atoms with Crippen molar-refractivity contribution in [3.63, 3.8) is 0 Å². The van der Waals surface area contributed by atoms with Crippen LogP contribution in [0.25, 0.3) is 5.69 Å². The predicted octanol–water partition coefficient (Wildman–Crippen LogP) is 3.98. The van der Waals surface area contributed by atoms with Crippen molar-refractivity contribution in [2.75, 3.05) is 0 Å². The van der Waals surface area contributed by atoms with Crippen LogP contribution in [0.5, 0.6) is 0 Å². The highest BCUT2D eigenvalue weighted by Gasteiger charge is 2.11. The molecule has 0 amide bonds. The summed E-state index contributed by atoms with van der Waals surface area (Å²) in [6, 6.07) is 11.7. The molecular formula is C19H18FN3O. The van der Waals surface area contributed by atoms with Crippen LogP contribution in [0.1, 0.15) is 22.4 Å². The summed E-state index contributed by atoms with van der Waals surface area (Å²) < 4.78 is 14.4. The molecule has 0 aliphatic heterocycles. The fourth-order valence-electron chi connectivity index (χ4n) is 2.42. The molecule has 0 bridgehead atoms. The number of nitrogens with zero attached hydrogens (tertiary/aromatic N) is 2. The standard InChI is InChI=1S/C19H18FN3O/c1-12-4-9-17(10-13(12)2)23-19(24)18(14(3)22-23)11-21-16-7-5-15(20)6-8-16/h4-11,22H,1-3H3. The van der Waals surface area contributed by atoms with E-state index in [1.54, 1.807) is 12.1 Å². The van der Waals surface area contributed by atoms with E-state index in [0.717, 1.165) is 16.9 Å². The Labute approximate surface area is 139 Å². The minimum absolute atomic E-state index is 0.165. The van der Waals surface area contributed by atoms with E-state index >= 15 is 0 Å². The molecule has 0 saturated carbocycles. The number of aromatic amines is 1. The smallest absolute Gasteiger partial charge is 0.280 e. The minimum Gasteiger partial charge on any atom is -0.295 e. The minimum atomic E-state index is -0.316. The second kappa shape index (κ2) is 6.28. The first-order valence-corrected chi connectivity index (χ1v) is 7.64. The zero-order valence-corrected chi connectivity index (χ0v) is 13.8. The van der Waals surface area contributed by atoms with Crippen LogP contribution in [-0.2, 0) is 0 Å². The third-order valence-electron chi connectivity index (χ3n) is 4.04. The van der Waals surface area contributed by atoms with Crippen molar-refractivity contribution < 1.29 is 4.39 Å². The van der Waals surface area contributed by atoms with Gasteiger partial charge in [-0.3, -0.25) is 14.9 Å². The Morgan fingerprint density at radius 3 is 2.42 bits per heavy atom. The lowest BCUT2D eigenvalue weighted by atomic mass is 10.1. The van der Waals surface area contributed by atoms with Gasteiger partial charge in [0.15, 0.2) is 0 Å². The summed E-state index contributed by atoms with van der Waals surface area (Å²) in [5.41, 5.74) is 4.71. The lowest BCUT2D eigenvalue weighted by Crippen LogP contribution is -2.17. The molecule has 5 heteroatoms. The number of hydrogen-bond acceptors (Lipinski definition) is 2. The molecule has 0 unspecified atom stereocenters. The zero-order valence-electron chi connectivity index (χ0n) is 13.8. The molecule has 122 valence electrons. The van der Waals surface area contributed by atoms with Crippen LogP contribution < -0.4 is 5.56 Å². The summed E-state index contributed by atoms with van der Waals surface area (Å²) in [5, 5.41) is 3.07. The number of H-pyrrole nitrogens is 1. The molecule has 0 aliphatic carbocycles. The maximum atomic E-state index is 12.9. The number of rotatable bonds is 3. The van der Waals surface area contributed by atoms with Crippen LogP contribution >= 0.6 is 0 Å². The van der Waals surface area contributed by atoms with E-state index in [0.29, 0.717) is 11.3 Å². The van der Waals surface area contributed by atoms with Crippen LogP contribution in [0, 0.1) is 26.6 Å². The summed E-state index contributed by atoms with van der Waals surface area (Å²) in [4.78, 5) is 16.9. The second-order valence-corrected chi connectivity index (χ2v) is 5.79. The number of aliphatic imine (C=N–C) groups is 1. The van der Waals surface area contributed by atoms with Crippen LogP contribution in [0.15, 0.2) is 52.3 Å². The van der Waals surface area contributed by atoms with Crippen molar-refractivity contribution in [1.29, 1.82) is 0 Å². The quantitative estimate of drug-likeness (QED) is 0.728. The van der Waals surface area contributed by atoms with Crippen molar-refractivity contribution in [3.05, 3.63) is 81.0 Å². The van der Waals surface area contributed by atoms with E-state index in [1.807, 2.05) is 39.0 Å². The first kappa shape index (κ1) is 15.9. The van der Waals surface area contributed by atoms with E-state index < -0.39 is 0 Å². The van der Waals surface area contributed by atoms with Crippen molar-refractivity contribution in [2.45, 2.75) is 20.8 Å². The van der Waals surface area contributed by atoms with Gasteiger partial charge in [-0.1, -0.05) is 6.07 Å². The highest BCUT2D eigenvalue weighted by atomic mass is 19.1. The van der Waals surface area contributed by atoms with Gasteiger partial charge in [0.05, 0.1) is 16.9 Å². The van der Waals surface area contributed by atoms with Crippen molar-refractivity contribution in [3.8, 4) is 5.69 Å². The molecule has 4 nitrogen and oxygen atoms in total. The summed E-state index contributed by atoms with van der Waals surface area (Å²) >= 11 is 0. The van der Waals surface area contributed by atoms with Crippen molar-refractivity contribution >= 4 is 11.9 Å². The molecule has 0 fully saturated rings. The molecule has 0 atom stereocenters. The molecule has 0 aliphatic rings. The maximum absolute atomic E-state index is 12.9. The van der Waals surface area contributed by atoms with Gasteiger partial charge >= 0.3 is 0 Å². The van der Waals surface area contributed by atoms with E-state index in [2.05, 4.69) is 10.1 Å². The van der Waals surface area contributed by atoms with Crippen LogP contribution in [0.3, 0.4) is 0 Å². The third kappa shape index (κ3) is 3.06. The largest absolute Gasteiger partial charge is 0.295 e. The second-order valence-electron chi connectivity index (χ2n) is 5.79. The Balaban J connectivity index is 1.99. The number of hydrogen-bond donors (Lipinski definition) is 1. The Morgan fingerprint density at radius 2 is 1.75 bits per heavy atom. The molecule has 3 rings (SSSR count). The van der Waals surface area contributed by atoms with E-state index in [4.69, 9.17) is 0 Å². The zero-order chi connectivity index (χ0) is 17.3. The van der Waals surface area contributed by atoms with Gasteiger partial charge in [0, 0.05) is 11.9 Å². The van der Waals surface area contributed by atoms with Crippen LogP contribution in [0.2, 0.25) is 0 Å². The number of aryl methyl sites for hydroxylation is 3. The summed E-state index contributed by atoms with van der Waals surface area (Å²) in [5.74, 6) is -0.316. The molecule has 3 aromatic rings. The fourth-order valence-corrected chi connectivity index (χ4v) is 2.42. The Hall–Kier alpha value is -2.95. The molecule has 0 spiro atoms. The van der Waals surface area contributed by atoms with E-state index in [1.165, 1.54) is 28.6 Å². The third-order valence-corrected chi connectivity index (χ3v) is 4.04. The molecular weight excluding hydrogens is 305 g/mol. The molecule has 1 N–H and O–H groups in total. The van der Waals surface area contributed by atoms with Gasteiger partial charge in [0.2, 0.25) is 0 Å². The fraction of sp³-hybridized carbons (Fsp3) is 0.158. The number of nitrogens with one attached hydrogen (secondary N) is 1. The summed E-state index contributed by atoms with van der Waals surface area (Å²) in [6.45, 7) is 5.87. The van der Waals surface area contributed by atoms with Gasteiger partial charge in [-0.05, 0) is 68.3 Å². The topological polar surface area (TPSA) is 50.1 Å².